The first-order chi connectivity index (χ1) is 11.8. The first kappa shape index (κ1) is 19.7. The summed E-state index contributed by atoms with van der Waals surface area (Å²) in [6, 6.07) is -0.626. The van der Waals surface area contributed by atoms with E-state index in [1.54, 1.807) is 0 Å². The van der Waals surface area contributed by atoms with Gasteiger partial charge in [-0.1, -0.05) is 13.3 Å². The second-order valence-corrected chi connectivity index (χ2v) is 8.17. The Balaban J connectivity index is 2.07. The summed E-state index contributed by atoms with van der Waals surface area (Å²) in [5.41, 5.74) is 1.12. The number of aryl methyl sites for hydroxylation is 1. The van der Waals surface area contributed by atoms with Crippen LogP contribution in [-0.4, -0.2) is 77.9 Å². The lowest BCUT2D eigenvalue weighted by Gasteiger charge is -2.36. The molecular weight excluding hydrogens is 346 g/mol. The number of aromatic nitrogens is 2. The van der Waals surface area contributed by atoms with Gasteiger partial charge in [0.2, 0.25) is 0 Å². The number of nitrogens with one attached hydrogen (secondary N) is 1. The molecule has 9 nitrogen and oxygen atoms in total. The molecule has 1 amide bonds. The van der Waals surface area contributed by atoms with Gasteiger partial charge in [-0.25, -0.2) is 9.97 Å². The Hall–Kier alpha value is -1.62. The molecule has 0 bridgehead atoms. The van der Waals surface area contributed by atoms with Crippen LogP contribution in [0.1, 0.15) is 35.8 Å². The summed E-state index contributed by atoms with van der Waals surface area (Å²) in [5.74, 6) is -0.239. The van der Waals surface area contributed by atoms with Gasteiger partial charge in [0.15, 0.2) is 0 Å². The van der Waals surface area contributed by atoms with E-state index in [1.807, 2.05) is 6.92 Å². The minimum Gasteiger partial charge on any atom is -0.390 e. The molecule has 1 aromatic rings. The van der Waals surface area contributed by atoms with Gasteiger partial charge >= 0.3 is 0 Å². The monoisotopic (exact) mass is 371 g/mol. The van der Waals surface area contributed by atoms with E-state index in [0.29, 0.717) is 30.6 Å². The Morgan fingerprint density at radius 3 is 2.80 bits per heavy atom. The Morgan fingerprint density at radius 2 is 2.20 bits per heavy atom. The summed E-state index contributed by atoms with van der Waals surface area (Å²) >= 11 is 0. The molecule has 0 radical (unpaired) electrons. The number of rotatable bonds is 6. The Labute approximate surface area is 148 Å². The minimum absolute atomic E-state index is 0.0555. The van der Waals surface area contributed by atoms with E-state index in [0.717, 1.165) is 10.7 Å². The van der Waals surface area contributed by atoms with E-state index < -0.39 is 22.4 Å². The number of aliphatic hydroxyl groups excluding tert-OH is 1. The lowest BCUT2D eigenvalue weighted by Crippen LogP contribution is -2.56. The summed E-state index contributed by atoms with van der Waals surface area (Å²) in [4.78, 5) is 22.3. The Morgan fingerprint density at radius 1 is 1.48 bits per heavy atom. The van der Waals surface area contributed by atoms with Crippen LogP contribution in [0, 0.1) is 0 Å². The van der Waals surface area contributed by atoms with Gasteiger partial charge in [-0.2, -0.15) is 17.4 Å². The van der Waals surface area contributed by atoms with Crippen LogP contribution in [0.2, 0.25) is 0 Å². The van der Waals surface area contributed by atoms with Gasteiger partial charge in [0.1, 0.15) is 6.33 Å². The van der Waals surface area contributed by atoms with Crippen LogP contribution in [0.4, 0.5) is 0 Å². The van der Waals surface area contributed by atoms with E-state index in [4.69, 9.17) is 0 Å². The van der Waals surface area contributed by atoms with Gasteiger partial charge in [0.05, 0.1) is 23.4 Å². The van der Waals surface area contributed by atoms with Crippen molar-refractivity contribution >= 4 is 16.1 Å². The SMILES string of the molecule is CCCc1ncncc1C(=O)N1CC[C@@H](NS(=O)(=O)N(C)C)[C@H](O)C1. The lowest BCUT2D eigenvalue weighted by molar-refractivity contribution is 0.0363. The lowest BCUT2D eigenvalue weighted by atomic mass is 10.0. The molecule has 0 aliphatic carbocycles. The molecule has 10 heteroatoms. The van der Waals surface area contributed by atoms with Gasteiger partial charge in [-0.05, 0) is 12.8 Å². The molecule has 25 heavy (non-hydrogen) atoms. The van der Waals surface area contributed by atoms with Crippen LogP contribution in [0.3, 0.4) is 0 Å². The molecule has 1 aliphatic heterocycles. The fraction of sp³-hybridized carbons (Fsp3) is 0.667. The van der Waals surface area contributed by atoms with Crippen molar-refractivity contribution in [1.82, 2.24) is 23.9 Å². The second kappa shape index (κ2) is 8.17. The molecule has 2 rings (SSSR count). The van der Waals surface area contributed by atoms with Crippen LogP contribution < -0.4 is 4.72 Å². The van der Waals surface area contributed by atoms with E-state index >= 15 is 0 Å². The fourth-order valence-electron chi connectivity index (χ4n) is 2.69. The quantitative estimate of drug-likeness (QED) is 0.690. The number of carbonyl (C=O) groups is 1. The van der Waals surface area contributed by atoms with E-state index in [2.05, 4.69) is 14.7 Å². The standard InChI is InChI=1S/C15H25N5O4S/c1-4-5-12-11(8-16-10-17-12)15(22)20-7-6-13(14(21)9-20)18-25(23,24)19(2)3/h8,10,13-14,18,21H,4-7,9H2,1-3H3/t13-,14-/m1/s1. The highest BCUT2D eigenvalue weighted by Crippen LogP contribution is 2.17. The van der Waals surface area contributed by atoms with Gasteiger partial charge in [-0.3, -0.25) is 4.79 Å². The van der Waals surface area contributed by atoms with Crippen LogP contribution in [0.5, 0.6) is 0 Å². The van der Waals surface area contributed by atoms with Crippen LogP contribution in [0.25, 0.3) is 0 Å². The summed E-state index contributed by atoms with van der Waals surface area (Å²) in [7, 11) is -0.805. The van der Waals surface area contributed by atoms with Crippen molar-refractivity contribution in [1.29, 1.82) is 0 Å². The number of likely N-dealkylation sites (tertiary alicyclic amines) is 1. The third kappa shape index (κ3) is 4.72. The molecule has 1 fully saturated rings. The minimum atomic E-state index is -3.63. The highest BCUT2D eigenvalue weighted by atomic mass is 32.2. The number of amides is 1. The van der Waals surface area contributed by atoms with Crippen molar-refractivity contribution in [3.63, 3.8) is 0 Å². The smallest absolute Gasteiger partial charge is 0.279 e. The first-order valence-electron chi connectivity index (χ1n) is 8.22. The molecule has 2 atom stereocenters. The Bertz CT molecular complexity index is 710. The fourth-order valence-corrected chi connectivity index (χ4v) is 3.56. The summed E-state index contributed by atoms with van der Waals surface area (Å²) < 4.78 is 27.3. The molecule has 1 aromatic heterocycles. The zero-order valence-corrected chi connectivity index (χ0v) is 15.5. The van der Waals surface area contributed by atoms with Crippen molar-refractivity contribution in [3.8, 4) is 0 Å². The van der Waals surface area contributed by atoms with Crippen molar-refractivity contribution in [2.45, 2.75) is 38.3 Å². The Kier molecular flexibility index (Phi) is 6.44. The zero-order chi connectivity index (χ0) is 18.6. The normalized spacial score (nSPS) is 21.6. The maximum Gasteiger partial charge on any atom is 0.279 e. The maximum atomic E-state index is 12.7. The van der Waals surface area contributed by atoms with Gasteiger partial charge in [-0.15, -0.1) is 0 Å². The molecule has 0 saturated carbocycles. The molecule has 0 unspecified atom stereocenters. The molecule has 0 aromatic carbocycles. The predicted molar refractivity (Wildman–Crippen MR) is 92.1 cm³/mol. The van der Waals surface area contributed by atoms with Crippen LogP contribution >= 0.6 is 0 Å². The van der Waals surface area contributed by atoms with Crippen molar-refractivity contribution < 1.29 is 18.3 Å². The largest absolute Gasteiger partial charge is 0.390 e. The average Bonchev–Trinajstić information content (AvgIpc) is 2.56. The van der Waals surface area contributed by atoms with E-state index in [-0.39, 0.29) is 12.5 Å². The average molecular weight is 371 g/mol. The molecule has 140 valence electrons. The summed E-state index contributed by atoms with van der Waals surface area (Å²) in [6.07, 6.45) is 3.79. The van der Waals surface area contributed by atoms with Crippen molar-refractivity contribution in [2.24, 2.45) is 0 Å². The highest BCUT2D eigenvalue weighted by molar-refractivity contribution is 7.87. The number of carbonyl (C=O) groups excluding carboxylic acids is 1. The molecule has 2 heterocycles. The predicted octanol–water partition coefficient (Wildman–Crippen LogP) is -0.599. The number of hydrogen-bond acceptors (Lipinski definition) is 6. The number of hydrogen-bond donors (Lipinski definition) is 2. The van der Waals surface area contributed by atoms with Crippen LogP contribution in [-0.2, 0) is 16.6 Å². The molecule has 0 spiro atoms. The highest BCUT2D eigenvalue weighted by Gasteiger charge is 2.34. The van der Waals surface area contributed by atoms with Crippen molar-refractivity contribution in [2.75, 3.05) is 27.2 Å². The second-order valence-electron chi connectivity index (χ2n) is 6.25. The van der Waals surface area contributed by atoms with Gasteiger partial charge in [0, 0.05) is 33.4 Å². The third-order valence-corrected chi connectivity index (χ3v) is 5.72. The molecule has 1 aliphatic rings. The molecule has 1 saturated heterocycles. The number of nitrogens with zero attached hydrogens (tertiary/aromatic N) is 4. The van der Waals surface area contributed by atoms with Gasteiger partial charge < -0.3 is 10.0 Å². The topological polar surface area (TPSA) is 116 Å². The third-order valence-electron chi connectivity index (χ3n) is 4.16. The van der Waals surface area contributed by atoms with Crippen molar-refractivity contribution in [3.05, 3.63) is 23.8 Å². The van der Waals surface area contributed by atoms with E-state index in [1.165, 1.54) is 31.5 Å². The van der Waals surface area contributed by atoms with E-state index in [9.17, 15) is 18.3 Å². The van der Waals surface area contributed by atoms with Gasteiger partial charge in [0.25, 0.3) is 16.1 Å². The summed E-state index contributed by atoms with van der Waals surface area (Å²) in [6.45, 7) is 2.40. The number of β-amino-alcohol motifs (C(OH)–C–C–N with tert-alkyl or cyclic N) is 1. The number of piperidine rings is 1. The molecule has 2 N–H and O–H groups in total. The maximum absolute atomic E-state index is 12.7. The summed E-state index contributed by atoms with van der Waals surface area (Å²) in [5, 5.41) is 10.3. The van der Waals surface area contributed by atoms with Crippen LogP contribution in [0.15, 0.2) is 12.5 Å². The first-order valence-corrected chi connectivity index (χ1v) is 9.66. The number of aliphatic hydroxyl groups is 1. The molecular formula is C15H25N5O4S. The zero-order valence-electron chi connectivity index (χ0n) is 14.7.